The number of thiazole rings is 1. The zero-order chi connectivity index (χ0) is 13.5. The van der Waals surface area contributed by atoms with Crippen molar-refractivity contribution in [3.8, 4) is 0 Å². The average molecular weight is 270 g/mol. The molecule has 0 unspecified atom stereocenters. The van der Waals surface area contributed by atoms with E-state index in [1.807, 2.05) is 13.8 Å². The second-order valence-corrected chi connectivity index (χ2v) is 5.07. The first kappa shape index (κ1) is 14.4. The molecule has 6 nitrogen and oxygen atoms in total. The molecular formula is C11H18N4O2S. The number of nitrogens with one attached hydrogen (secondary N) is 2. The molecule has 1 rings (SSSR count). The Kier molecular flexibility index (Phi) is 5.57. The smallest absolute Gasteiger partial charge is 0.226 e. The van der Waals surface area contributed by atoms with Crippen LogP contribution in [0.1, 0.15) is 26.0 Å². The van der Waals surface area contributed by atoms with Crippen LogP contribution in [0.3, 0.4) is 0 Å². The van der Waals surface area contributed by atoms with Crippen LogP contribution in [-0.4, -0.2) is 29.4 Å². The first-order valence-corrected chi connectivity index (χ1v) is 6.61. The fourth-order valence-electron chi connectivity index (χ4n) is 1.34. The van der Waals surface area contributed by atoms with Gasteiger partial charge in [-0.15, -0.1) is 11.3 Å². The minimum atomic E-state index is -0.155. The van der Waals surface area contributed by atoms with Gasteiger partial charge in [-0.25, -0.2) is 4.98 Å². The van der Waals surface area contributed by atoms with Gasteiger partial charge in [-0.1, -0.05) is 0 Å². The summed E-state index contributed by atoms with van der Waals surface area (Å²) >= 11 is 1.30. The normalized spacial score (nSPS) is 10.4. The van der Waals surface area contributed by atoms with Gasteiger partial charge >= 0.3 is 0 Å². The number of nitrogens with zero attached hydrogens (tertiary/aromatic N) is 1. The van der Waals surface area contributed by atoms with Crippen molar-refractivity contribution in [2.75, 3.05) is 12.3 Å². The van der Waals surface area contributed by atoms with Crippen LogP contribution in [0.25, 0.3) is 0 Å². The maximum atomic E-state index is 11.5. The minimum Gasteiger partial charge on any atom is -0.375 e. The summed E-state index contributed by atoms with van der Waals surface area (Å²) in [7, 11) is 0. The first-order chi connectivity index (χ1) is 8.47. The molecular weight excluding hydrogens is 252 g/mol. The zero-order valence-electron chi connectivity index (χ0n) is 10.5. The van der Waals surface area contributed by atoms with E-state index in [0.717, 1.165) is 0 Å². The van der Waals surface area contributed by atoms with Crippen LogP contribution >= 0.6 is 11.3 Å². The largest absolute Gasteiger partial charge is 0.375 e. The fraction of sp³-hybridized carbons (Fsp3) is 0.545. The minimum absolute atomic E-state index is 0.0665. The SMILES string of the molecule is CC(C)NC(=O)CCNC(=O)Cc1csc(N)n1. The highest BCUT2D eigenvalue weighted by Gasteiger charge is 2.07. The van der Waals surface area contributed by atoms with Crippen LogP contribution in [0.15, 0.2) is 5.38 Å². The zero-order valence-corrected chi connectivity index (χ0v) is 11.3. The molecule has 0 radical (unpaired) electrons. The summed E-state index contributed by atoms with van der Waals surface area (Å²) in [6.45, 7) is 4.11. The third kappa shape index (κ3) is 5.62. The molecule has 1 aromatic heterocycles. The summed E-state index contributed by atoms with van der Waals surface area (Å²) in [5, 5.41) is 7.62. The van der Waals surface area contributed by atoms with Gasteiger partial charge in [-0.05, 0) is 13.8 Å². The lowest BCUT2D eigenvalue weighted by Gasteiger charge is -2.08. The molecule has 0 atom stereocenters. The van der Waals surface area contributed by atoms with Crippen LogP contribution in [0, 0.1) is 0 Å². The summed E-state index contributed by atoms with van der Waals surface area (Å²) in [6.07, 6.45) is 0.475. The molecule has 0 aliphatic rings. The predicted molar refractivity (Wildman–Crippen MR) is 71.1 cm³/mol. The maximum Gasteiger partial charge on any atom is 0.226 e. The molecule has 0 saturated heterocycles. The van der Waals surface area contributed by atoms with Gasteiger partial charge in [0.05, 0.1) is 12.1 Å². The van der Waals surface area contributed by atoms with Gasteiger partial charge in [0, 0.05) is 24.4 Å². The fourth-order valence-corrected chi connectivity index (χ4v) is 1.90. The van der Waals surface area contributed by atoms with Crippen molar-refractivity contribution in [2.24, 2.45) is 0 Å². The summed E-state index contributed by atoms with van der Waals surface area (Å²) < 4.78 is 0. The molecule has 100 valence electrons. The molecule has 1 heterocycles. The van der Waals surface area contributed by atoms with Crippen LogP contribution < -0.4 is 16.4 Å². The molecule has 0 spiro atoms. The number of hydrogen-bond donors (Lipinski definition) is 3. The van der Waals surface area contributed by atoms with E-state index in [2.05, 4.69) is 15.6 Å². The van der Waals surface area contributed by atoms with Gasteiger partial charge in [0.1, 0.15) is 0 Å². The molecule has 0 aliphatic heterocycles. The quantitative estimate of drug-likeness (QED) is 0.692. The van der Waals surface area contributed by atoms with Crippen LogP contribution in [0.4, 0.5) is 5.13 Å². The highest BCUT2D eigenvalue weighted by molar-refractivity contribution is 7.13. The van der Waals surface area contributed by atoms with Crippen molar-refractivity contribution in [3.05, 3.63) is 11.1 Å². The van der Waals surface area contributed by atoms with Gasteiger partial charge in [0.2, 0.25) is 11.8 Å². The van der Waals surface area contributed by atoms with Crippen molar-refractivity contribution in [1.82, 2.24) is 15.6 Å². The Labute approximate surface area is 110 Å². The van der Waals surface area contributed by atoms with Crippen molar-refractivity contribution in [2.45, 2.75) is 32.7 Å². The summed E-state index contributed by atoms with van der Waals surface area (Å²) in [6, 6.07) is 0.117. The Balaban J connectivity index is 2.19. The number of amides is 2. The lowest BCUT2D eigenvalue weighted by molar-refractivity contribution is -0.122. The van der Waals surface area contributed by atoms with Crippen molar-refractivity contribution < 1.29 is 9.59 Å². The van der Waals surface area contributed by atoms with Crippen LogP contribution in [-0.2, 0) is 16.0 Å². The first-order valence-electron chi connectivity index (χ1n) is 5.73. The second-order valence-electron chi connectivity index (χ2n) is 4.18. The summed E-state index contributed by atoms with van der Waals surface area (Å²) in [5.74, 6) is -0.221. The van der Waals surface area contributed by atoms with Gasteiger partial charge in [0.25, 0.3) is 0 Å². The van der Waals surface area contributed by atoms with E-state index in [4.69, 9.17) is 5.73 Å². The van der Waals surface area contributed by atoms with Crippen molar-refractivity contribution >= 4 is 28.3 Å². The molecule has 0 bridgehead atoms. The van der Waals surface area contributed by atoms with E-state index in [1.165, 1.54) is 11.3 Å². The number of aromatic nitrogens is 1. The molecule has 7 heteroatoms. The number of carbonyl (C=O) groups excluding carboxylic acids is 2. The number of carbonyl (C=O) groups is 2. The summed E-state index contributed by atoms with van der Waals surface area (Å²) in [4.78, 5) is 26.8. The van der Waals surface area contributed by atoms with E-state index >= 15 is 0 Å². The van der Waals surface area contributed by atoms with Gasteiger partial charge in [0.15, 0.2) is 5.13 Å². The number of hydrogen-bond acceptors (Lipinski definition) is 5. The molecule has 1 aromatic rings. The molecule has 0 saturated carbocycles. The standard InChI is InChI=1S/C11H18N4O2S/c1-7(2)14-9(16)3-4-13-10(17)5-8-6-18-11(12)15-8/h6-7H,3-5H2,1-2H3,(H2,12,15)(H,13,17)(H,14,16). The average Bonchev–Trinajstić information content (AvgIpc) is 2.62. The molecule has 2 amide bonds. The van der Waals surface area contributed by atoms with Gasteiger partial charge in [-0.2, -0.15) is 0 Å². The lowest BCUT2D eigenvalue weighted by atomic mass is 10.3. The van der Waals surface area contributed by atoms with Crippen molar-refractivity contribution in [3.63, 3.8) is 0 Å². The Bertz CT molecular complexity index is 417. The lowest BCUT2D eigenvalue weighted by Crippen LogP contribution is -2.34. The molecule has 0 aromatic carbocycles. The van der Waals surface area contributed by atoms with Crippen LogP contribution in [0.5, 0.6) is 0 Å². The van der Waals surface area contributed by atoms with E-state index in [-0.39, 0.29) is 30.7 Å². The monoisotopic (exact) mass is 270 g/mol. The Morgan fingerprint density at radius 2 is 2.17 bits per heavy atom. The number of nitrogen functional groups attached to an aromatic ring is 1. The Morgan fingerprint density at radius 3 is 2.72 bits per heavy atom. The molecule has 4 N–H and O–H groups in total. The Hall–Kier alpha value is -1.63. The van der Waals surface area contributed by atoms with Gasteiger partial charge < -0.3 is 16.4 Å². The number of nitrogens with two attached hydrogens (primary N) is 1. The van der Waals surface area contributed by atoms with E-state index in [9.17, 15) is 9.59 Å². The third-order valence-corrected chi connectivity index (χ3v) is 2.76. The highest BCUT2D eigenvalue weighted by Crippen LogP contribution is 2.11. The van der Waals surface area contributed by atoms with Crippen molar-refractivity contribution in [1.29, 1.82) is 0 Å². The molecule has 18 heavy (non-hydrogen) atoms. The molecule has 0 aliphatic carbocycles. The summed E-state index contributed by atoms with van der Waals surface area (Å²) in [5.41, 5.74) is 6.12. The predicted octanol–water partition coefficient (Wildman–Crippen LogP) is 0.299. The van der Waals surface area contributed by atoms with Gasteiger partial charge in [-0.3, -0.25) is 9.59 Å². The van der Waals surface area contributed by atoms with E-state index < -0.39 is 0 Å². The molecule has 0 fully saturated rings. The van der Waals surface area contributed by atoms with E-state index in [1.54, 1.807) is 5.38 Å². The number of rotatable bonds is 6. The Morgan fingerprint density at radius 1 is 1.44 bits per heavy atom. The third-order valence-electron chi connectivity index (χ3n) is 2.04. The topological polar surface area (TPSA) is 97.1 Å². The maximum absolute atomic E-state index is 11.5. The van der Waals surface area contributed by atoms with Crippen LogP contribution in [0.2, 0.25) is 0 Å². The van der Waals surface area contributed by atoms with E-state index in [0.29, 0.717) is 17.4 Å². The second kappa shape index (κ2) is 6.95. The number of anilines is 1. The highest BCUT2D eigenvalue weighted by atomic mass is 32.1.